The van der Waals surface area contributed by atoms with Gasteiger partial charge in [0.05, 0.1) is 12.2 Å². The van der Waals surface area contributed by atoms with Gasteiger partial charge in [0.25, 0.3) is 0 Å². The van der Waals surface area contributed by atoms with Crippen molar-refractivity contribution in [3.05, 3.63) is 59.7 Å². The van der Waals surface area contributed by atoms with Crippen LogP contribution in [0.5, 0.6) is 0 Å². The van der Waals surface area contributed by atoms with Gasteiger partial charge in [0.15, 0.2) is 0 Å². The molecule has 2 aromatic rings. The molecule has 112 valence electrons. The molecule has 0 aliphatic heterocycles. The number of pyridine rings is 1. The van der Waals surface area contributed by atoms with Crippen LogP contribution in [0.25, 0.3) is 0 Å². The summed E-state index contributed by atoms with van der Waals surface area (Å²) in [4.78, 5) is 5.88. The SMILES string of the molecule is CCCNC(c1ccc(N(C)C)cc1)c1ccncc1F. The van der Waals surface area contributed by atoms with Crippen LogP contribution in [-0.2, 0) is 0 Å². The first kappa shape index (κ1) is 15.4. The monoisotopic (exact) mass is 287 g/mol. The van der Waals surface area contributed by atoms with E-state index in [4.69, 9.17) is 0 Å². The number of nitrogens with one attached hydrogen (secondary N) is 1. The van der Waals surface area contributed by atoms with Crippen molar-refractivity contribution >= 4 is 5.69 Å². The van der Waals surface area contributed by atoms with Gasteiger partial charge >= 0.3 is 0 Å². The van der Waals surface area contributed by atoms with E-state index < -0.39 is 0 Å². The first-order valence-electron chi connectivity index (χ1n) is 7.23. The molecule has 21 heavy (non-hydrogen) atoms. The molecule has 0 aliphatic carbocycles. The predicted octanol–water partition coefficient (Wildman–Crippen LogP) is 3.38. The molecule has 0 saturated carbocycles. The van der Waals surface area contributed by atoms with E-state index >= 15 is 0 Å². The average molecular weight is 287 g/mol. The van der Waals surface area contributed by atoms with Gasteiger partial charge < -0.3 is 10.2 Å². The summed E-state index contributed by atoms with van der Waals surface area (Å²) in [6.07, 6.45) is 3.90. The molecular formula is C17H22FN3. The molecule has 2 rings (SSSR count). The summed E-state index contributed by atoms with van der Waals surface area (Å²) in [6.45, 7) is 2.93. The number of hydrogen-bond donors (Lipinski definition) is 1. The molecule has 0 amide bonds. The average Bonchev–Trinajstić information content (AvgIpc) is 2.50. The molecule has 1 N–H and O–H groups in total. The Morgan fingerprint density at radius 2 is 1.90 bits per heavy atom. The van der Waals surface area contributed by atoms with Crippen LogP contribution in [0.3, 0.4) is 0 Å². The molecule has 0 bridgehead atoms. The third-order valence-electron chi connectivity index (χ3n) is 3.46. The van der Waals surface area contributed by atoms with Gasteiger partial charge in [-0.3, -0.25) is 4.98 Å². The summed E-state index contributed by atoms with van der Waals surface area (Å²) in [6, 6.07) is 9.78. The van der Waals surface area contributed by atoms with Crippen LogP contribution in [0.1, 0.15) is 30.5 Å². The van der Waals surface area contributed by atoms with Crippen LogP contribution in [0, 0.1) is 5.82 Å². The molecule has 0 fully saturated rings. The van der Waals surface area contributed by atoms with E-state index in [0.717, 1.165) is 24.2 Å². The third kappa shape index (κ3) is 3.79. The maximum atomic E-state index is 14.0. The van der Waals surface area contributed by atoms with Crippen molar-refractivity contribution in [2.75, 3.05) is 25.5 Å². The minimum absolute atomic E-state index is 0.149. The summed E-state index contributed by atoms with van der Waals surface area (Å²) >= 11 is 0. The highest BCUT2D eigenvalue weighted by Crippen LogP contribution is 2.25. The lowest BCUT2D eigenvalue weighted by Gasteiger charge is -2.21. The van der Waals surface area contributed by atoms with E-state index in [1.807, 2.05) is 31.1 Å². The van der Waals surface area contributed by atoms with E-state index in [-0.39, 0.29) is 11.9 Å². The number of anilines is 1. The second kappa shape index (κ2) is 7.18. The van der Waals surface area contributed by atoms with E-state index in [1.165, 1.54) is 6.20 Å². The first-order chi connectivity index (χ1) is 10.1. The number of nitrogens with zero attached hydrogens (tertiary/aromatic N) is 2. The Morgan fingerprint density at radius 1 is 1.19 bits per heavy atom. The molecule has 1 aromatic heterocycles. The predicted molar refractivity (Wildman–Crippen MR) is 85.1 cm³/mol. The number of hydrogen-bond acceptors (Lipinski definition) is 3. The molecule has 0 radical (unpaired) electrons. The van der Waals surface area contributed by atoms with Gasteiger partial charge in [0.1, 0.15) is 5.82 Å². The van der Waals surface area contributed by atoms with E-state index in [2.05, 4.69) is 29.4 Å². The summed E-state index contributed by atoms with van der Waals surface area (Å²) in [5.41, 5.74) is 2.82. The highest BCUT2D eigenvalue weighted by molar-refractivity contribution is 5.47. The van der Waals surface area contributed by atoms with Gasteiger partial charge in [-0.15, -0.1) is 0 Å². The highest BCUT2D eigenvalue weighted by Gasteiger charge is 2.17. The van der Waals surface area contributed by atoms with Crippen molar-refractivity contribution in [3.63, 3.8) is 0 Å². The van der Waals surface area contributed by atoms with Crippen LogP contribution in [0.4, 0.5) is 10.1 Å². The van der Waals surface area contributed by atoms with Crippen molar-refractivity contribution in [2.45, 2.75) is 19.4 Å². The number of aromatic nitrogens is 1. The lowest BCUT2D eigenvalue weighted by atomic mass is 9.98. The zero-order chi connectivity index (χ0) is 15.2. The van der Waals surface area contributed by atoms with Crippen LogP contribution >= 0.6 is 0 Å². The summed E-state index contributed by atoms with van der Waals surface area (Å²) in [5, 5.41) is 3.41. The molecule has 0 saturated heterocycles. The summed E-state index contributed by atoms with van der Waals surface area (Å²) in [7, 11) is 4.01. The summed E-state index contributed by atoms with van der Waals surface area (Å²) in [5.74, 6) is -0.275. The largest absolute Gasteiger partial charge is 0.378 e. The quantitative estimate of drug-likeness (QED) is 0.883. The van der Waals surface area contributed by atoms with Crippen molar-refractivity contribution in [3.8, 4) is 0 Å². The molecule has 1 unspecified atom stereocenters. The Hall–Kier alpha value is -1.94. The minimum Gasteiger partial charge on any atom is -0.378 e. The van der Waals surface area contributed by atoms with Crippen LogP contribution in [-0.4, -0.2) is 25.6 Å². The lowest BCUT2D eigenvalue weighted by Crippen LogP contribution is -2.24. The van der Waals surface area contributed by atoms with E-state index in [9.17, 15) is 4.39 Å². The van der Waals surface area contributed by atoms with Crippen molar-refractivity contribution in [1.82, 2.24) is 10.3 Å². The fourth-order valence-corrected chi connectivity index (χ4v) is 2.28. The molecule has 1 atom stereocenters. The Balaban J connectivity index is 2.33. The number of rotatable bonds is 6. The molecule has 3 nitrogen and oxygen atoms in total. The fraction of sp³-hybridized carbons (Fsp3) is 0.353. The van der Waals surface area contributed by atoms with Crippen LogP contribution in [0.15, 0.2) is 42.7 Å². The zero-order valence-electron chi connectivity index (χ0n) is 12.8. The van der Waals surface area contributed by atoms with Crippen molar-refractivity contribution in [1.29, 1.82) is 0 Å². The van der Waals surface area contributed by atoms with Gasteiger partial charge in [-0.1, -0.05) is 19.1 Å². The fourth-order valence-electron chi connectivity index (χ4n) is 2.28. The smallest absolute Gasteiger partial charge is 0.146 e. The maximum absolute atomic E-state index is 14.0. The molecule has 1 heterocycles. The minimum atomic E-state index is -0.275. The van der Waals surface area contributed by atoms with Crippen molar-refractivity contribution < 1.29 is 4.39 Å². The molecule has 1 aromatic carbocycles. The maximum Gasteiger partial charge on any atom is 0.146 e. The topological polar surface area (TPSA) is 28.2 Å². The molecule has 0 aliphatic rings. The summed E-state index contributed by atoms with van der Waals surface area (Å²) < 4.78 is 14.0. The Bertz CT molecular complexity index is 567. The van der Waals surface area contributed by atoms with E-state index in [0.29, 0.717) is 5.56 Å². The van der Waals surface area contributed by atoms with Gasteiger partial charge in [0, 0.05) is 31.5 Å². The Morgan fingerprint density at radius 3 is 2.48 bits per heavy atom. The Labute approximate surface area is 125 Å². The number of benzene rings is 1. The van der Waals surface area contributed by atoms with Gasteiger partial charge in [0.2, 0.25) is 0 Å². The number of halogens is 1. The molecular weight excluding hydrogens is 265 g/mol. The second-order valence-corrected chi connectivity index (χ2v) is 5.27. The Kier molecular flexibility index (Phi) is 5.28. The van der Waals surface area contributed by atoms with Crippen LogP contribution in [0.2, 0.25) is 0 Å². The molecule has 4 heteroatoms. The van der Waals surface area contributed by atoms with Gasteiger partial charge in [-0.25, -0.2) is 4.39 Å². The third-order valence-corrected chi connectivity index (χ3v) is 3.46. The van der Waals surface area contributed by atoms with Gasteiger partial charge in [-0.2, -0.15) is 0 Å². The van der Waals surface area contributed by atoms with Gasteiger partial charge in [-0.05, 0) is 36.7 Å². The van der Waals surface area contributed by atoms with Crippen LogP contribution < -0.4 is 10.2 Å². The first-order valence-corrected chi connectivity index (χ1v) is 7.23. The molecule has 0 spiro atoms. The standard InChI is InChI=1S/C17H22FN3/c1-4-10-20-17(15-9-11-19-12-16(15)18)13-5-7-14(8-6-13)21(2)3/h5-9,11-12,17,20H,4,10H2,1-3H3. The lowest BCUT2D eigenvalue weighted by molar-refractivity contribution is 0.543. The normalized spacial score (nSPS) is 12.2. The highest BCUT2D eigenvalue weighted by atomic mass is 19.1. The van der Waals surface area contributed by atoms with Crippen molar-refractivity contribution in [2.24, 2.45) is 0 Å². The zero-order valence-corrected chi connectivity index (χ0v) is 12.8. The van der Waals surface area contributed by atoms with E-state index in [1.54, 1.807) is 12.3 Å². The second-order valence-electron chi connectivity index (χ2n) is 5.27.